The number of rotatable bonds is 4. The zero-order valence-electron chi connectivity index (χ0n) is 15.1. The number of esters is 1. The fourth-order valence-electron chi connectivity index (χ4n) is 2.73. The van der Waals surface area contributed by atoms with Crippen LogP contribution in [0, 0.1) is 5.82 Å². The number of nitrogens with one attached hydrogen (secondary N) is 1. The van der Waals surface area contributed by atoms with E-state index in [1.54, 1.807) is 20.8 Å². The molecule has 1 aliphatic carbocycles. The van der Waals surface area contributed by atoms with Crippen LogP contribution >= 0.6 is 0 Å². The molecule has 0 spiro atoms. The summed E-state index contributed by atoms with van der Waals surface area (Å²) in [5.41, 5.74) is -0.974. The summed E-state index contributed by atoms with van der Waals surface area (Å²) in [7, 11) is 1.22. The Hall–Kier alpha value is -2.31. The summed E-state index contributed by atoms with van der Waals surface area (Å²) in [5, 5.41) is 2.83. The molecule has 0 bridgehead atoms. The first-order valence-corrected chi connectivity index (χ1v) is 8.07. The highest BCUT2D eigenvalue weighted by molar-refractivity contribution is 5.92. The molecule has 1 amide bonds. The highest BCUT2D eigenvalue weighted by Crippen LogP contribution is 2.36. The van der Waals surface area contributed by atoms with Gasteiger partial charge in [-0.3, -0.25) is 0 Å². The van der Waals surface area contributed by atoms with Crippen molar-refractivity contribution in [2.75, 3.05) is 7.11 Å². The number of ether oxygens (including phenoxy) is 3. The first kappa shape index (κ1) is 19.0. The van der Waals surface area contributed by atoms with E-state index in [9.17, 15) is 14.0 Å². The van der Waals surface area contributed by atoms with E-state index in [0.717, 1.165) is 6.07 Å². The average Bonchev–Trinajstić information content (AvgIpc) is 2.44. The van der Waals surface area contributed by atoms with Gasteiger partial charge in [0.15, 0.2) is 0 Å². The summed E-state index contributed by atoms with van der Waals surface area (Å²) < 4.78 is 29.0. The molecule has 2 rings (SSSR count). The molecule has 0 radical (unpaired) electrons. The van der Waals surface area contributed by atoms with Gasteiger partial charge in [-0.15, -0.1) is 0 Å². The van der Waals surface area contributed by atoms with Crippen LogP contribution in [-0.2, 0) is 9.47 Å². The Morgan fingerprint density at radius 1 is 1.28 bits per heavy atom. The van der Waals surface area contributed by atoms with Gasteiger partial charge in [0.05, 0.1) is 7.11 Å². The first-order chi connectivity index (χ1) is 11.5. The lowest BCUT2D eigenvalue weighted by Crippen LogP contribution is -2.59. The van der Waals surface area contributed by atoms with Gasteiger partial charge in [-0.1, -0.05) is 0 Å². The van der Waals surface area contributed by atoms with Gasteiger partial charge in [0.25, 0.3) is 0 Å². The Bertz CT molecular complexity index is 662. The van der Waals surface area contributed by atoms with Crippen LogP contribution in [0.3, 0.4) is 0 Å². The molecule has 6 nitrogen and oxygen atoms in total. The van der Waals surface area contributed by atoms with Crippen molar-refractivity contribution >= 4 is 12.1 Å². The summed E-state index contributed by atoms with van der Waals surface area (Å²) in [6, 6.07) is 3.70. The molecule has 0 aliphatic heterocycles. The van der Waals surface area contributed by atoms with E-state index < -0.39 is 29.0 Å². The minimum Gasteiger partial charge on any atom is -0.489 e. The number of halogens is 1. The van der Waals surface area contributed by atoms with Crippen LogP contribution in [0.4, 0.5) is 9.18 Å². The van der Waals surface area contributed by atoms with Crippen LogP contribution in [0.15, 0.2) is 18.2 Å². The highest BCUT2D eigenvalue weighted by atomic mass is 19.1. The number of carbonyl (C=O) groups is 2. The number of methoxy groups -OCH3 is 1. The number of amides is 1. The summed E-state index contributed by atoms with van der Waals surface area (Å²) in [6.45, 7) is 7.28. The molecule has 0 atom stereocenters. The summed E-state index contributed by atoms with van der Waals surface area (Å²) >= 11 is 0. The molecular weight excluding hydrogens is 329 g/mol. The third kappa shape index (κ3) is 5.08. The second-order valence-electron chi connectivity index (χ2n) is 7.47. The predicted octanol–water partition coefficient (Wildman–Crippen LogP) is 3.44. The molecule has 0 heterocycles. The van der Waals surface area contributed by atoms with E-state index in [4.69, 9.17) is 9.47 Å². The normalized spacial score (nSPS) is 22.6. The molecular formula is C18H24FNO5. The van der Waals surface area contributed by atoms with E-state index >= 15 is 0 Å². The Morgan fingerprint density at radius 3 is 2.48 bits per heavy atom. The topological polar surface area (TPSA) is 73.9 Å². The summed E-state index contributed by atoms with van der Waals surface area (Å²) in [5.74, 6) is -0.946. The van der Waals surface area contributed by atoms with Crippen LogP contribution in [0.25, 0.3) is 0 Å². The molecule has 0 unspecified atom stereocenters. The van der Waals surface area contributed by atoms with Crippen molar-refractivity contribution in [1.82, 2.24) is 5.32 Å². The zero-order chi connectivity index (χ0) is 18.8. The van der Waals surface area contributed by atoms with E-state index in [1.807, 2.05) is 6.92 Å². The van der Waals surface area contributed by atoms with Gasteiger partial charge in [0.1, 0.15) is 28.8 Å². The highest BCUT2D eigenvalue weighted by Gasteiger charge is 2.44. The van der Waals surface area contributed by atoms with Crippen molar-refractivity contribution in [3.8, 4) is 5.75 Å². The van der Waals surface area contributed by atoms with Gasteiger partial charge >= 0.3 is 12.1 Å². The molecule has 0 saturated heterocycles. The van der Waals surface area contributed by atoms with Gasteiger partial charge in [-0.05, 0) is 45.9 Å². The number of carbonyl (C=O) groups excluding carboxylic acids is 2. The van der Waals surface area contributed by atoms with Gasteiger partial charge in [0.2, 0.25) is 0 Å². The van der Waals surface area contributed by atoms with Gasteiger partial charge in [0, 0.05) is 18.4 Å². The van der Waals surface area contributed by atoms with Crippen molar-refractivity contribution in [3.05, 3.63) is 29.6 Å². The van der Waals surface area contributed by atoms with Crippen molar-refractivity contribution in [1.29, 1.82) is 0 Å². The van der Waals surface area contributed by atoms with E-state index in [0.29, 0.717) is 12.8 Å². The smallest absolute Gasteiger partial charge is 0.408 e. The quantitative estimate of drug-likeness (QED) is 0.840. The van der Waals surface area contributed by atoms with Crippen LogP contribution in [-0.4, -0.2) is 36.4 Å². The van der Waals surface area contributed by atoms with Crippen LogP contribution in [0.2, 0.25) is 0 Å². The molecule has 138 valence electrons. The van der Waals surface area contributed by atoms with Gasteiger partial charge in [-0.25, -0.2) is 14.0 Å². The minimum absolute atomic E-state index is 0.0382. The predicted molar refractivity (Wildman–Crippen MR) is 89.2 cm³/mol. The molecule has 1 aromatic carbocycles. The molecule has 1 saturated carbocycles. The number of alkyl carbamates (subject to hydrolysis) is 1. The monoisotopic (exact) mass is 353 g/mol. The Morgan fingerprint density at radius 2 is 1.92 bits per heavy atom. The van der Waals surface area contributed by atoms with Crippen molar-refractivity contribution < 1.29 is 28.2 Å². The SMILES string of the molecule is COC(=O)c1cc(F)ccc1O[C@H]1C[C@@](C)(NC(=O)OC(C)(C)C)C1. The van der Waals surface area contributed by atoms with Crippen molar-refractivity contribution in [2.24, 2.45) is 0 Å². The lowest BCUT2D eigenvalue weighted by Gasteiger charge is -2.45. The number of benzene rings is 1. The molecule has 25 heavy (non-hydrogen) atoms. The molecule has 1 aliphatic rings. The Balaban J connectivity index is 1.95. The van der Waals surface area contributed by atoms with Gasteiger partial charge < -0.3 is 19.5 Å². The molecule has 1 aromatic rings. The van der Waals surface area contributed by atoms with Crippen molar-refractivity contribution in [3.63, 3.8) is 0 Å². The fraction of sp³-hybridized carbons (Fsp3) is 0.556. The lowest BCUT2D eigenvalue weighted by molar-refractivity contribution is 0.00860. The van der Waals surface area contributed by atoms with Crippen LogP contribution in [0.5, 0.6) is 5.75 Å². The minimum atomic E-state index is -0.663. The van der Waals surface area contributed by atoms with E-state index in [2.05, 4.69) is 10.1 Å². The fourth-order valence-corrected chi connectivity index (χ4v) is 2.73. The van der Waals surface area contributed by atoms with Crippen LogP contribution in [0.1, 0.15) is 50.9 Å². The summed E-state index contributed by atoms with van der Waals surface area (Å²) in [4.78, 5) is 23.6. The van der Waals surface area contributed by atoms with Crippen LogP contribution < -0.4 is 10.1 Å². The third-order valence-electron chi connectivity index (χ3n) is 3.80. The molecule has 1 fully saturated rings. The average molecular weight is 353 g/mol. The summed E-state index contributed by atoms with van der Waals surface area (Å²) in [6.07, 6.45) is 0.411. The number of hydrogen-bond donors (Lipinski definition) is 1. The van der Waals surface area contributed by atoms with E-state index in [1.165, 1.54) is 19.2 Å². The van der Waals surface area contributed by atoms with E-state index in [-0.39, 0.29) is 17.4 Å². The second-order valence-corrected chi connectivity index (χ2v) is 7.47. The maximum absolute atomic E-state index is 13.4. The maximum atomic E-state index is 13.4. The largest absolute Gasteiger partial charge is 0.489 e. The Labute approximate surface area is 146 Å². The third-order valence-corrected chi connectivity index (χ3v) is 3.80. The standard InChI is InChI=1S/C18H24FNO5/c1-17(2,3)25-16(22)20-18(4)9-12(10-18)24-14-7-6-11(19)8-13(14)15(21)23-5/h6-8,12H,9-10H2,1-5H3,(H,20,22)/t12-,18+. The molecule has 7 heteroatoms. The van der Waals surface area contributed by atoms with Gasteiger partial charge in [-0.2, -0.15) is 0 Å². The molecule has 1 N–H and O–H groups in total. The van der Waals surface area contributed by atoms with Crippen molar-refractivity contribution in [2.45, 2.75) is 57.8 Å². The molecule has 0 aromatic heterocycles. The maximum Gasteiger partial charge on any atom is 0.408 e. The lowest BCUT2D eigenvalue weighted by atomic mass is 9.76. The Kier molecular flexibility index (Phi) is 5.25. The second kappa shape index (κ2) is 6.90. The first-order valence-electron chi connectivity index (χ1n) is 8.07. The zero-order valence-corrected chi connectivity index (χ0v) is 15.1. The number of hydrogen-bond acceptors (Lipinski definition) is 5.